The van der Waals surface area contributed by atoms with Crippen molar-refractivity contribution < 1.29 is 9.47 Å². The second-order valence-electron chi connectivity index (χ2n) is 6.22. The van der Waals surface area contributed by atoms with Crippen molar-refractivity contribution in [2.45, 2.75) is 44.2 Å². The summed E-state index contributed by atoms with van der Waals surface area (Å²) in [6.07, 6.45) is 5.12. The highest BCUT2D eigenvalue weighted by Gasteiger charge is 2.32. The molecule has 1 N–H and O–H groups in total. The molecule has 1 saturated heterocycles. The molecule has 0 amide bonds. The zero-order chi connectivity index (χ0) is 13.4. The number of ether oxygens (including phenoxy) is 2. The molecule has 0 radical (unpaired) electrons. The maximum atomic E-state index is 5.73. The van der Waals surface area contributed by atoms with E-state index in [0.29, 0.717) is 0 Å². The van der Waals surface area contributed by atoms with E-state index < -0.39 is 0 Å². The van der Waals surface area contributed by atoms with Crippen LogP contribution >= 0.6 is 0 Å². The van der Waals surface area contributed by atoms with Crippen LogP contribution in [0.2, 0.25) is 0 Å². The van der Waals surface area contributed by atoms with Gasteiger partial charge < -0.3 is 9.47 Å². The van der Waals surface area contributed by atoms with Crippen LogP contribution in [0.25, 0.3) is 0 Å². The third kappa shape index (κ3) is 2.62. The number of H-pyrrole nitrogens is 1. The first-order valence-electron chi connectivity index (χ1n) is 7.88. The van der Waals surface area contributed by atoms with Gasteiger partial charge in [-0.25, -0.2) is 0 Å². The number of fused-ring (bicyclic) bond motifs is 1. The van der Waals surface area contributed by atoms with Gasteiger partial charge >= 0.3 is 0 Å². The maximum Gasteiger partial charge on any atom is 0.0821 e. The van der Waals surface area contributed by atoms with Crippen molar-refractivity contribution in [3.63, 3.8) is 0 Å². The summed E-state index contributed by atoms with van der Waals surface area (Å²) in [4.78, 5) is 2.54. The molecule has 5 heteroatoms. The van der Waals surface area contributed by atoms with Crippen LogP contribution in [0.5, 0.6) is 0 Å². The standard InChI is InChI=1S/C15H23N3O2/c1-2-11(1)15-13-9-18(6-4-14(13)16-17-15)5-3-12-10-19-7-8-20-12/h11-12H,1-10H2,(H,16,17). The SMILES string of the molecule is C1COC(CCN2CCc3[nH]nc(C4CC4)c3C2)CO1. The van der Waals surface area contributed by atoms with E-state index in [9.17, 15) is 0 Å². The van der Waals surface area contributed by atoms with Crippen LogP contribution in [-0.2, 0) is 22.4 Å². The van der Waals surface area contributed by atoms with Gasteiger partial charge in [-0.2, -0.15) is 5.10 Å². The molecule has 2 fully saturated rings. The van der Waals surface area contributed by atoms with Crippen LogP contribution < -0.4 is 0 Å². The molecule has 0 spiro atoms. The fourth-order valence-corrected chi connectivity index (χ4v) is 3.29. The molecule has 1 aromatic rings. The van der Waals surface area contributed by atoms with Crippen LogP contribution in [-0.4, -0.2) is 54.1 Å². The molecular formula is C15H23N3O2. The number of rotatable bonds is 4. The van der Waals surface area contributed by atoms with Crippen molar-refractivity contribution in [2.75, 3.05) is 32.9 Å². The molecule has 1 saturated carbocycles. The summed E-state index contributed by atoms with van der Waals surface area (Å²) in [7, 11) is 0. The summed E-state index contributed by atoms with van der Waals surface area (Å²) < 4.78 is 11.2. The fraction of sp³-hybridized carbons (Fsp3) is 0.800. The van der Waals surface area contributed by atoms with Crippen LogP contribution in [0, 0.1) is 0 Å². The second kappa shape index (κ2) is 5.47. The fourth-order valence-electron chi connectivity index (χ4n) is 3.29. The first-order valence-corrected chi connectivity index (χ1v) is 7.88. The maximum absolute atomic E-state index is 5.73. The quantitative estimate of drug-likeness (QED) is 0.905. The normalized spacial score (nSPS) is 27.5. The summed E-state index contributed by atoms with van der Waals surface area (Å²) >= 11 is 0. The number of nitrogens with one attached hydrogen (secondary N) is 1. The Kier molecular flexibility index (Phi) is 3.50. The van der Waals surface area contributed by atoms with E-state index in [1.54, 1.807) is 0 Å². The summed E-state index contributed by atoms with van der Waals surface area (Å²) in [6, 6.07) is 0. The molecule has 110 valence electrons. The molecule has 1 aromatic heterocycles. The lowest BCUT2D eigenvalue weighted by molar-refractivity contribution is -0.0929. The Morgan fingerprint density at radius 1 is 1.30 bits per heavy atom. The number of hydrogen-bond donors (Lipinski definition) is 1. The molecule has 0 bridgehead atoms. The summed E-state index contributed by atoms with van der Waals surface area (Å²) in [5.41, 5.74) is 4.21. The number of aromatic amines is 1. The van der Waals surface area contributed by atoms with E-state index >= 15 is 0 Å². The minimum absolute atomic E-state index is 0.289. The van der Waals surface area contributed by atoms with Crippen molar-refractivity contribution in [1.29, 1.82) is 0 Å². The van der Waals surface area contributed by atoms with Crippen LogP contribution in [0.1, 0.15) is 42.1 Å². The van der Waals surface area contributed by atoms with Gasteiger partial charge in [-0.15, -0.1) is 0 Å². The number of nitrogens with zero attached hydrogens (tertiary/aromatic N) is 2. The van der Waals surface area contributed by atoms with Gasteiger partial charge in [0.1, 0.15) is 0 Å². The van der Waals surface area contributed by atoms with Gasteiger partial charge in [0.05, 0.1) is 31.6 Å². The van der Waals surface area contributed by atoms with Gasteiger partial charge in [0.25, 0.3) is 0 Å². The lowest BCUT2D eigenvalue weighted by Gasteiger charge is -2.30. The minimum Gasteiger partial charge on any atom is -0.376 e. The Morgan fingerprint density at radius 3 is 3.05 bits per heavy atom. The minimum atomic E-state index is 0.289. The monoisotopic (exact) mass is 277 g/mol. The predicted molar refractivity (Wildman–Crippen MR) is 74.7 cm³/mol. The summed E-state index contributed by atoms with van der Waals surface area (Å²) in [5, 5.41) is 7.80. The highest BCUT2D eigenvalue weighted by Crippen LogP contribution is 2.42. The molecule has 3 aliphatic rings. The lowest BCUT2D eigenvalue weighted by atomic mass is 10.0. The van der Waals surface area contributed by atoms with E-state index in [1.165, 1.54) is 29.8 Å². The van der Waals surface area contributed by atoms with Crippen molar-refractivity contribution in [3.05, 3.63) is 17.0 Å². The van der Waals surface area contributed by atoms with Crippen molar-refractivity contribution in [2.24, 2.45) is 0 Å². The lowest BCUT2D eigenvalue weighted by Crippen LogP contribution is -2.36. The summed E-state index contributed by atoms with van der Waals surface area (Å²) in [6.45, 7) is 5.56. The average Bonchev–Trinajstić information content (AvgIpc) is 3.26. The molecule has 0 aromatic carbocycles. The van der Waals surface area contributed by atoms with Gasteiger partial charge in [-0.1, -0.05) is 0 Å². The first-order chi connectivity index (χ1) is 9.90. The van der Waals surface area contributed by atoms with Crippen molar-refractivity contribution >= 4 is 0 Å². The smallest absolute Gasteiger partial charge is 0.0821 e. The molecule has 3 heterocycles. The van der Waals surface area contributed by atoms with Crippen LogP contribution in [0.3, 0.4) is 0 Å². The Bertz CT molecular complexity index is 464. The third-order valence-corrected chi connectivity index (χ3v) is 4.66. The summed E-state index contributed by atoms with van der Waals surface area (Å²) in [5.74, 6) is 0.741. The van der Waals surface area contributed by atoms with Crippen molar-refractivity contribution in [3.8, 4) is 0 Å². The highest BCUT2D eigenvalue weighted by molar-refractivity contribution is 5.32. The number of hydrogen-bond acceptors (Lipinski definition) is 4. The second-order valence-corrected chi connectivity index (χ2v) is 6.22. The Balaban J connectivity index is 1.35. The van der Waals surface area contributed by atoms with E-state index in [2.05, 4.69) is 15.1 Å². The van der Waals surface area contributed by atoms with E-state index in [0.717, 1.165) is 58.2 Å². The predicted octanol–water partition coefficient (Wildman–Crippen LogP) is 1.45. The first kappa shape index (κ1) is 12.8. The third-order valence-electron chi connectivity index (χ3n) is 4.66. The molecule has 1 unspecified atom stereocenters. The Hall–Kier alpha value is -0.910. The Labute approximate surface area is 119 Å². The van der Waals surface area contributed by atoms with E-state index in [1.807, 2.05) is 0 Å². The average molecular weight is 277 g/mol. The van der Waals surface area contributed by atoms with Crippen molar-refractivity contribution in [1.82, 2.24) is 15.1 Å². The number of aromatic nitrogens is 2. The zero-order valence-corrected chi connectivity index (χ0v) is 11.9. The molecule has 4 rings (SSSR count). The molecule has 2 aliphatic heterocycles. The largest absolute Gasteiger partial charge is 0.376 e. The zero-order valence-electron chi connectivity index (χ0n) is 11.9. The molecule has 1 atom stereocenters. The van der Waals surface area contributed by atoms with Crippen LogP contribution in [0.15, 0.2) is 0 Å². The van der Waals surface area contributed by atoms with E-state index in [-0.39, 0.29) is 6.10 Å². The van der Waals surface area contributed by atoms with Gasteiger partial charge in [-0.3, -0.25) is 10.00 Å². The molecular weight excluding hydrogens is 254 g/mol. The Morgan fingerprint density at radius 2 is 2.25 bits per heavy atom. The molecule has 1 aliphatic carbocycles. The topological polar surface area (TPSA) is 50.4 Å². The van der Waals surface area contributed by atoms with Gasteiger partial charge in [0.15, 0.2) is 0 Å². The van der Waals surface area contributed by atoms with Crippen LogP contribution in [0.4, 0.5) is 0 Å². The molecule has 20 heavy (non-hydrogen) atoms. The van der Waals surface area contributed by atoms with Gasteiger partial charge in [0, 0.05) is 43.2 Å². The molecule has 5 nitrogen and oxygen atoms in total. The van der Waals surface area contributed by atoms with Gasteiger partial charge in [-0.05, 0) is 19.3 Å². The van der Waals surface area contributed by atoms with Gasteiger partial charge in [0.2, 0.25) is 0 Å². The highest BCUT2D eigenvalue weighted by atomic mass is 16.6. The van der Waals surface area contributed by atoms with E-state index in [4.69, 9.17) is 9.47 Å².